The molecule has 0 aliphatic rings. The molecule has 0 aliphatic heterocycles. The number of rotatable bonds is 12. The highest BCUT2D eigenvalue weighted by Gasteiger charge is 2.36. The Labute approximate surface area is 278 Å². The van der Waals surface area contributed by atoms with E-state index in [2.05, 4.69) is 34.0 Å². The van der Waals surface area contributed by atoms with Crippen molar-refractivity contribution in [1.29, 1.82) is 0 Å². The molecule has 4 rings (SSSR count). The Kier molecular flexibility index (Phi) is 11.5. The summed E-state index contributed by atoms with van der Waals surface area (Å²) in [5.41, 5.74) is 3.41. The van der Waals surface area contributed by atoms with Crippen molar-refractivity contribution >= 4 is 41.1 Å². The van der Waals surface area contributed by atoms with E-state index in [1.165, 1.54) is 12.3 Å². The number of aromatic nitrogens is 2. The van der Waals surface area contributed by atoms with Crippen LogP contribution in [0, 0.1) is 32.4 Å². The molecule has 4 aromatic rings. The third-order valence-corrected chi connectivity index (χ3v) is 8.48. The van der Waals surface area contributed by atoms with Gasteiger partial charge in [-0.2, -0.15) is 4.98 Å². The van der Waals surface area contributed by atoms with Gasteiger partial charge in [0.2, 0.25) is 5.95 Å². The van der Waals surface area contributed by atoms with Crippen LogP contribution in [0.4, 0.5) is 31.0 Å². The van der Waals surface area contributed by atoms with E-state index in [9.17, 15) is 19.1 Å². The van der Waals surface area contributed by atoms with Crippen LogP contribution in [-0.4, -0.2) is 70.1 Å². The van der Waals surface area contributed by atoms with Gasteiger partial charge in [0.05, 0.1) is 11.1 Å². The number of amides is 2. The van der Waals surface area contributed by atoms with Gasteiger partial charge in [-0.15, -0.1) is 0 Å². The number of carboxylic acid groups (broad SMARTS) is 1. The number of anilines is 3. The summed E-state index contributed by atoms with van der Waals surface area (Å²) in [7, 11) is 1.77. The van der Waals surface area contributed by atoms with Crippen molar-refractivity contribution in [3.63, 3.8) is 0 Å². The number of halogens is 3. The maximum Gasteiger partial charge on any atom is 0.413 e. The smallest absolute Gasteiger partial charge is 0.413 e. The predicted molar refractivity (Wildman–Crippen MR) is 181 cm³/mol. The fraction of sp³-hybridized carbons (Fsp3) is 0.314. The molecule has 1 aromatic heterocycles. The van der Waals surface area contributed by atoms with Crippen molar-refractivity contribution in [1.82, 2.24) is 19.8 Å². The maximum atomic E-state index is 15.5. The predicted octanol–water partition coefficient (Wildman–Crippen LogP) is 7.76. The lowest BCUT2D eigenvalue weighted by Crippen LogP contribution is -2.37. The molecule has 0 aliphatic carbocycles. The topological polar surface area (TPSA) is 102 Å². The zero-order valence-corrected chi connectivity index (χ0v) is 28.1. The summed E-state index contributed by atoms with van der Waals surface area (Å²) in [6.07, 6.45) is -0.106. The minimum absolute atomic E-state index is 0.0473. The van der Waals surface area contributed by atoms with Gasteiger partial charge in [-0.3, -0.25) is 4.79 Å². The van der Waals surface area contributed by atoms with Crippen molar-refractivity contribution in [2.45, 2.75) is 40.7 Å². The van der Waals surface area contributed by atoms with Crippen LogP contribution in [0.1, 0.15) is 58.1 Å². The molecule has 1 heterocycles. The quantitative estimate of drug-likeness (QED) is 0.149. The van der Waals surface area contributed by atoms with Gasteiger partial charge in [0, 0.05) is 43.1 Å². The zero-order chi connectivity index (χ0) is 34.4. The molecular formula is C35H39ClF2N6O3. The Morgan fingerprint density at radius 3 is 2.13 bits per heavy atom. The first kappa shape index (κ1) is 35.2. The normalized spacial score (nSPS) is 11.8. The fourth-order valence-corrected chi connectivity index (χ4v) is 5.94. The van der Waals surface area contributed by atoms with Gasteiger partial charge in [0.15, 0.2) is 0 Å². The number of hydrogen-bond acceptors (Lipinski definition) is 6. The van der Waals surface area contributed by atoms with Crippen LogP contribution >= 0.6 is 11.6 Å². The van der Waals surface area contributed by atoms with E-state index in [0.717, 1.165) is 42.2 Å². The Hall–Kier alpha value is -4.61. The van der Waals surface area contributed by atoms with Gasteiger partial charge < -0.3 is 20.2 Å². The molecule has 0 saturated heterocycles. The first-order valence-corrected chi connectivity index (χ1v) is 15.6. The molecule has 3 aromatic carbocycles. The van der Waals surface area contributed by atoms with E-state index < -0.39 is 28.8 Å². The molecular weight excluding hydrogens is 626 g/mol. The van der Waals surface area contributed by atoms with Crippen molar-refractivity contribution in [2.24, 2.45) is 0 Å². The lowest BCUT2D eigenvalue weighted by molar-refractivity contribution is 0.0779. The molecule has 47 heavy (non-hydrogen) atoms. The average molecular weight is 665 g/mol. The van der Waals surface area contributed by atoms with Crippen LogP contribution in [0.3, 0.4) is 0 Å². The SMILES string of the molecule is CCN(CC)CCN(C)C(=O)c1ccc(Nc2nccc(N(C(=O)O)C(c3c(C)cc(C)cc3C)c3c(F)ccc(F)c3Cl)n2)cc1. The molecule has 0 saturated carbocycles. The molecule has 2 N–H and O–H groups in total. The summed E-state index contributed by atoms with van der Waals surface area (Å²) in [6.45, 7) is 12.8. The van der Waals surface area contributed by atoms with E-state index >= 15 is 4.39 Å². The van der Waals surface area contributed by atoms with Crippen LogP contribution in [0.25, 0.3) is 0 Å². The lowest BCUT2D eigenvalue weighted by Gasteiger charge is -2.32. The molecule has 9 nitrogen and oxygen atoms in total. The summed E-state index contributed by atoms with van der Waals surface area (Å²) in [4.78, 5) is 39.4. The average Bonchev–Trinajstić information content (AvgIpc) is 3.03. The minimum atomic E-state index is -1.47. The molecule has 1 unspecified atom stereocenters. The highest BCUT2D eigenvalue weighted by atomic mass is 35.5. The van der Waals surface area contributed by atoms with Crippen molar-refractivity contribution in [3.05, 3.63) is 111 Å². The van der Waals surface area contributed by atoms with Gasteiger partial charge >= 0.3 is 6.09 Å². The first-order valence-electron chi connectivity index (χ1n) is 15.3. The second kappa shape index (κ2) is 15.3. The van der Waals surface area contributed by atoms with Gasteiger partial charge in [-0.25, -0.2) is 23.5 Å². The van der Waals surface area contributed by atoms with E-state index in [-0.39, 0.29) is 23.2 Å². The highest BCUT2D eigenvalue weighted by molar-refractivity contribution is 6.31. The number of aryl methyl sites for hydroxylation is 3. The van der Waals surface area contributed by atoms with Gasteiger partial charge in [-0.05, 0) is 93.0 Å². The number of benzene rings is 3. The summed E-state index contributed by atoms with van der Waals surface area (Å²) in [6, 6.07) is 12.2. The maximum absolute atomic E-state index is 15.5. The number of nitrogens with zero attached hydrogens (tertiary/aromatic N) is 5. The molecule has 1 atom stereocenters. The Morgan fingerprint density at radius 2 is 1.53 bits per heavy atom. The second-order valence-electron chi connectivity index (χ2n) is 11.3. The fourth-order valence-electron chi connectivity index (χ4n) is 5.68. The first-order chi connectivity index (χ1) is 22.4. The minimum Gasteiger partial charge on any atom is -0.465 e. The summed E-state index contributed by atoms with van der Waals surface area (Å²) >= 11 is 6.34. The molecule has 0 bridgehead atoms. The van der Waals surface area contributed by atoms with Crippen molar-refractivity contribution in [3.8, 4) is 0 Å². The Morgan fingerprint density at radius 1 is 0.915 bits per heavy atom. The van der Waals surface area contributed by atoms with Crippen molar-refractivity contribution in [2.75, 3.05) is 43.4 Å². The zero-order valence-electron chi connectivity index (χ0n) is 27.3. The molecule has 0 spiro atoms. The van der Waals surface area contributed by atoms with Gasteiger partial charge in [-0.1, -0.05) is 43.1 Å². The van der Waals surface area contributed by atoms with Crippen LogP contribution in [0.15, 0.2) is 60.8 Å². The highest BCUT2D eigenvalue weighted by Crippen LogP contribution is 2.41. The third kappa shape index (κ3) is 8.04. The van der Waals surface area contributed by atoms with Crippen molar-refractivity contribution < 1.29 is 23.5 Å². The number of carbonyl (C=O) groups is 2. The summed E-state index contributed by atoms with van der Waals surface area (Å²) < 4.78 is 30.3. The lowest BCUT2D eigenvalue weighted by atomic mass is 9.88. The van der Waals surface area contributed by atoms with E-state index in [0.29, 0.717) is 34.5 Å². The van der Waals surface area contributed by atoms with Gasteiger partial charge in [0.25, 0.3) is 5.91 Å². The Bertz CT molecular complexity index is 1730. The Balaban J connectivity index is 1.68. The number of likely N-dealkylation sites (N-methyl/N-ethyl adjacent to an activating group) is 2. The summed E-state index contributed by atoms with van der Waals surface area (Å²) in [5, 5.41) is 13.1. The monoisotopic (exact) mass is 664 g/mol. The third-order valence-electron chi connectivity index (χ3n) is 8.10. The van der Waals surface area contributed by atoms with E-state index in [4.69, 9.17) is 11.6 Å². The molecule has 2 amide bonds. The van der Waals surface area contributed by atoms with E-state index in [1.807, 2.05) is 19.1 Å². The molecule has 248 valence electrons. The van der Waals surface area contributed by atoms with Gasteiger partial charge in [0.1, 0.15) is 17.5 Å². The van der Waals surface area contributed by atoms with E-state index in [1.54, 1.807) is 50.1 Å². The molecule has 0 fully saturated rings. The standard InChI is InChI=1S/C35H39ClF2N6O3/c1-7-43(8-2)18-17-42(6)33(45)24-9-11-25(12-10-24)40-34-39-16-15-28(41-34)44(35(46)47)32(29-22(4)19-21(3)20-23(29)5)30-26(37)13-14-27(38)31(30)36/h9-16,19-20,32H,7-8,17-18H2,1-6H3,(H,46,47)(H,39,40,41). The number of carbonyl (C=O) groups excluding carboxylic acids is 1. The number of hydrogen-bond donors (Lipinski definition) is 2. The molecule has 0 radical (unpaired) electrons. The van der Waals surface area contributed by atoms with Crippen LogP contribution < -0.4 is 10.2 Å². The molecule has 12 heteroatoms. The second-order valence-corrected chi connectivity index (χ2v) is 11.7. The van der Waals surface area contributed by atoms with Crippen LogP contribution in [0.2, 0.25) is 5.02 Å². The largest absolute Gasteiger partial charge is 0.465 e. The number of nitrogens with one attached hydrogen (secondary N) is 1. The van der Waals surface area contributed by atoms with Crippen LogP contribution in [0.5, 0.6) is 0 Å². The van der Waals surface area contributed by atoms with Crippen LogP contribution in [-0.2, 0) is 0 Å². The summed E-state index contributed by atoms with van der Waals surface area (Å²) in [5.74, 6) is -1.92.